The van der Waals surface area contributed by atoms with Crippen molar-refractivity contribution >= 4 is 24.0 Å². The first-order chi connectivity index (χ1) is 20.3. The van der Waals surface area contributed by atoms with E-state index in [1.165, 1.54) is 23.3 Å². The summed E-state index contributed by atoms with van der Waals surface area (Å²) in [6.45, 7) is 3.34. The number of nitrogens with one attached hydrogen (secondary N) is 1. The lowest BCUT2D eigenvalue weighted by molar-refractivity contribution is -0.140. The van der Waals surface area contributed by atoms with Crippen LogP contribution >= 0.6 is 0 Å². The van der Waals surface area contributed by atoms with E-state index in [1.54, 1.807) is 26.0 Å². The van der Waals surface area contributed by atoms with E-state index in [4.69, 9.17) is 20.7 Å². The number of carboxylic acid groups (broad SMARTS) is 3. The highest BCUT2D eigenvalue weighted by atomic mass is 16.5. The molecule has 2 atom stereocenters. The molecule has 3 aromatic carbocycles. The Kier molecular flexibility index (Phi) is 13.1. The van der Waals surface area contributed by atoms with Crippen LogP contribution in [-0.4, -0.2) is 63.1 Å². The van der Waals surface area contributed by atoms with Gasteiger partial charge in [-0.1, -0.05) is 68.4 Å². The lowest BCUT2D eigenvalue weighted by atomic mass is 10.0. The summed E-state index contributed by atoms with van der Waals surface area (Å²) in [6, 6.07) is 18.4. The van der Waals surface area contributed by atoms with Gasteiger partial charge in [0.05, 0.1) is 6.54 Å². The first kappa shape index (κ1) is 34.3. The Morgan fingerprint density at radius 3 is 2.02 bits per heavy atom. The fraction of sp³-hybridized carbons (Fsp3) is 0.290. The number of carboxylic acids is 3. The van der Waals surface area contributed by atoms with Gasteiger partial charge in [-0.05, 0) is 57.9 Å². The summed E-state index contributed by atoms with van der Waals surface area (Å²) in [4.78, 5) is 43.1. The molecule has 3 aromatic rings. The largest absolute Gasteiger partial charge is 0.508 e. The molecule has 12 heteroatoms. The number of benzene rings is 3. The third-order valence-corrected chi connectivity index (χ3v) is 6.45. The number of nitrogens with two attached hydrogens (primary N) is 2. The second-order valence-electron chi connectivity index (χ2n) is 9.96. The molecule has 0 saturated heterocycles. The van der Waals surface area contributed by atoms with Gasteiger partial charge in [0.25, 0.3) is 0 Å². The van der Waals surface area contributed by atoms with Gasteiger partial charge in [-0.2, -0.15) is 0 Å². The standard InChI is InChI=1S/C24H21NO5.C5H11NO2.C2H5NO2/c26-18-10-8-15(9-11-18)12-22(23(27)28)25-24(29)30-14-17-5-3-7-20-19-6-2-1-4-16(19)13-21(17)20;1-3(2)4(6)5(7)8;3-1-2(4)5/h1-11,22,26H,12-14H2,(H,25,29)(H,27,28);3-4H,6H2,1-2H3,(H,7,8);1,3H2,(H,4,5). The Bertz CT molecular complexity index is 1410. The zero-order valence-electron chi connectivity index (χ0n) is 23.9. The maximum Gasteiger partial charge on any atom is 0.408 e. The van der Waals surface area contributed by atoms with Crippen molar-refractivity contribution in [1.82, 2.24) is 5.32 Å². The van der Waals surface area contributed by atoms with Gasteiger partial charge in [0.2, 0.25) is 0 Å². The number of carbonyl (C=O) groups excluding carboxylic acids is 1. The molecule has 0 radical (unpaired) electrons. The number of aromatic hydroxyl groups is 1. The zero-order chi connectivity index (χ0) is 32.1. The molecule has 0 aromatic heterocycles. The van der Waals surface area contributed by atoms with Gasteiger partial charge in [-0.25, -0.2) is 9.59 Å². The molecule has 0 heterocycles. The third kappa shape index (κ3) is 10.8. The highest BCUT2D eigenvalue weighted by Gasteiger charge is 2.23. The highest BCUT2D eigenvalue weighted by molar-refractivity contribution is 5.81. The molecule has 4 rings (SSSR count). The predicted octanol–water partition coefficient (Wildman–Crippen LogP) is 2.97. The van der Waals surface area contributed by atoms with Crippen LogP contribution in [0.4, 0.5) is 4.79 Å². The van der Waals surface area contributed by atoms with Crippen molar-refractivity contribution in [3.63, 3.8) is 0 Å². The lowest BCUT2D eigenvalue weighted by Crippen LogP contribution is -2.42. The fourth-order valence-corrected chi connectivity index (χ4v) is 4.04. The van der Waals surface area contributed by atoms with E-state index in [0.29, 0.717) is 5.56 Å². The van der Waals surface area contributed by atoms with E-state index in [-0.39, 0.29) is 31.2 Å². The summed E-state index contributed by atoms with van der Waals surface area (Å²) < 4.78 is 5.34. The van der Waals surface area contributed by atoms with Gasteiger partial charge >= 0.3 is 24.0 Å². The zero-order valence-corrected chi connectivity index (χ0v) is 23.9. The number of carbonyl (C=O) groups is 4. The Hall–Kier alpha value is -4.94. The Morgan fingerprint density at radius 2 is 1.49 bits per heavy atom. The van der Waals surface area contributed by atoms with Crippen LogP contribution in [0, 0.1) is 5.92 Å². The van der Waals surface area contributed by atoms with Crippen molar-refractivity contribution in [3.8, 4) is 16.9 Å². The van der Waals surface area contributed by atoms with Crippen LogP contribution in [0.2, 0.25) is 0 Å². The molecular formula is C31H37N3O9. The normalized spacial score (nSPS) is 12.2. The molecule has 12 nitrogen and oxygen atoms in total. The minimum Gasteiger partial charge on any atom is -0.508 e. The molecule has 9 N–H and O–H groups in total. The number of fused-ring (bicyclic) bond motifs is 3. The molecule has 0 spiro atoms. The maximum atomic E-state index is 12.3. The number of alkyl carbamates (subject to hydrolysis) is 1. The second-order valence-corrected chi connectivity index (χ2v) is 9.96. The van der Waals surface area contributed by atoms with Gasteiger partial charge in [-0.3, -0.25) is 9.59 Å². The smallest absolute Gasteiger partial charge is 0.408 e. The molecule has 1 amide bonds. The molecule has 0 aliphatic heterocycles. The van der Waals surface area contributed by atoms with Crippen LogP contribution in [0.1, 0.15) is 36.1 Å². The van der Waals surface area contributed by atoms with E-state index in [1.807, 2.05) is 24.3 Å². The number of hydrogen-bond donors (Lipinski definition) is 7. The van der Waals surface area contributed by atoms with Crippen molar-refractivity contribution in [2.45, 2.75) is 45.4 Å². The number of phenolic OH excluding ortho intramolecular Hbond substituents is 1. The SMILES string of the molecule is CC(C)C(N)C(=O)O.NCC(=O)O.O=C(NC(Cc1ccc(O)cc1)C(=O)O)OCc1cccc2c1Cc1ccccc1-2. The van der Waals surface area contributed by atoms with Crippen LogP contribution in [0.5, 0.6) is 5.75 Å². The van der Waals surface area contributed by atoms with Gasteiger partial charge in [-0.15, -0.1) is 0 Å². The van der Waals surface area contributed by atoms with E-state index < -0.39 is 36.1 Å². The van der Waals surface area contributed by atoms with Crippen LogP contribution in [-0.2, 0) is 38.6 Å². The summed E-state index contributed by atoms with van der Waals surface area (Å²) in [7, 11) is 0. The predicted molar refractivity (Wildman–Crippen MR) is 158 cm³/mol. The minimum atomic E-state index is -1.16. The summed E-state index contributed by atoms with van der Waals surface area (Å²) >= 11 is 0. The van der Waals surface area contributed by atoms with Gasteiger partial charge in [0.1, 0.15) is 24.4 Å². The number of hydrogen-bond acceptors (Lipinski definition) is 8. The van der Waals surface area contributed by atoms with Crippen LogP contribution in [0.15, 0.2) is 66.7 Å². The summed E-state index contributed by atoms with van der Waals surface area (Å²) in [5.74, 6) is -2.94. The number of amides is 1. The van der Waals surface area contributed by atoms with Crippen molar-refractivity contribution in [3.05, 3.63) is 89.0 Å². The Labute approximate surface area is 248 Å². The average molecular weight is 596 g/mol. The average Bonchev–Trinajstić information content (AvgIpc) is 3.36. The molecule has 0 bridgehead atoms. The number of phenols is 1. The monoisotopic (exact) mass is 595 g/mol. The first-order valence-electron chi connectivity index (χ1n) is 13.4. The molecule has 230 valence electrons. The molecule has 0 fully saturated rings. The molecule has 1 aliphatic carbocycles. The number of rotatable bonds is 9. The van der Waals surface area contributed by atoms with E-state index in [9.17, 15) is 29.4 Å². The van der Waals surface area contributed by atoms with Gasteiger partial charge in [0.15, 0.2) is 0 Å². The van der Waals surface area contributed by atoms with Crippen molar-refractivity contribution < 1.29 is 44.3 Å². The van der Waals surface area contributed by atoms with Crippen LogP contribution in [0.3, 0.4) is 0 Å². The minimum absolute atomic E-state index is 0.0208. The van der Waals surface area contributed by atoms with Crippen molar-refractivity contribution in [2.75, 3.05) is 6.54 Å². The quantitative estimate of drug-likeness (QED) is 0.149. The third-order valence-electron chi connectivity index (χ3n) is 6.45. The highest BCUT2D eigenvalue weighted by Crippen LogP contribution is 2.38. The molecule has 2 unspecified atom stereocenters. The number of ether oxygens (including phenoxy) is 1. The second kappa shape index (κ2) is 16.5. The van der Waals surface area contributed by atoms with Crippen LogP contribution < -0.4 is 16.8 Å². The Morgan fingerprint density at radius 1 is 0.884 bits per heavy atom. The van der Waals surface area contributed by atoms with Crippen LogP contribution in [0.25, 0.3) is 11.1 Å². The molecule has 43 heavy (non-hydrogen) atoms. The summed E-state index contributed by atoms with van der Waals surface area (Å²) in [5, 5.41) is 37.0. The van der Waals surface area contributed by atoms with Gasteiger partial charge < -0.3 is 41.9 Å². The van der Waals surface area contributed by atoms with Gasteiger partial charge in [0, 0.05) is 6.42 Å². The van der Waals surface area contributed by atoms with Crippen molar-refractivity contribution in [1.29, 1.82) is 0 Å². The topological polar surface area (TPSA) is 222 Å². The van der Waals surface area contributed by atoms with E-state index >= 15 is 0 Å². The lowest BCUT2D eigenvalue weighted by Gasteiger charge is -2.15. The molecule has 1 aliphatic rings. The molecule has 0 saturated carbocycles. The molecular weight excluding hydrogens is 558 g/mol. The maximum absolute atomic E-state index is 12.3. The summed E-state index contributed by atoms with van der Waals surface area (Å²) in [5.41, 5.74) is 16.0. The fourth-order valence-electron chi connectivity index (χ4n) is 4.04. The first-order valence-corrected chi connectivity index (χ1v) is 13.4. The Balaban J connectivity index is 0.000000417. The summed E-state index contributed by atoms with van der Waals surface area (Å²) in [6.07, 6.45) is 0.0840. The van der Waals surface area contributed by atoms with E-state index in [0.717, 1.165) is 23.1 Å². The van der Waals surface area contributed by atoms with Crippen molar-refractivity contribution in [2.24, 2.45) is 17.4 Å². The van der Waals surface area contributed by atoms with E-state index in [2.05, 4.69) is 29.2 Å². The number of aliphatic carboxylic acids is 3.